The minimum Gasteiger partial charge on any atom is -0.493 e. The van der Waals surface area contributed by atoms with Crippen LogP contribution in [-0.2, 0) is 7.05 Å². The molecule has 0 saturated heterocycles. The maximum Gasteiger partial charge on any atom is 0.213 e. The van der Waals surface area contributed by atoms with E-state index < -0.39 is 0 Å². The highest BCUT2D eigenvalue weighted by molar-refractivity contribution is 6.01. The van der Waals surface area contributed by atoms with Gasteiger partial charge in [-0.1, -0.05) is 42.5 Å². The zero-order chi connectivity index (χ0) is 18.8. The van der Waals surface area contributed by atoms with Crippen LogP contribution in [0.3, 0.4) is 0 Å². The van der Waals surface area contributed by atoms with Crippen LogP contribution in [0.15, 0.2) is 66.7 Å². The molecule has 27 heavy (non-hydrogen) atoms. The van der Waals surface area contributed by atoms with Gasteiger partial charge < -0.3 is 9.47 Å². The summed E-state index contributed by atoms with van der Waals surface area (Å²) < 4.78 is 13.0. The fourth-order valence-electron chi connectivity index (χ4n) is 3.58. The lowest BCUT2D eigenvalue weighted by Crippen LogP contribution is -2.30. The van der Waals surface area contributed by atoms with Crippen molar-refractivity contribution >= 4 is 34.0 Å². The van der Waals surface area contributed by atoms with Gasteiger partial charge >= 0.3 is 0 Å². The van der Waals surface area contributed by atoms with Crippen molar-refractivity contribution in [2.24, 2.45) is 7.05 Å². The van der Waals surface area contributed by atoms with E-state index in [0.29, 0.717) is 0 Å². The molecule has 0 fully saturated rings. The second-order valence-electron chi connectivity index (χ2n) is 6.45. The highest BCUT2D eigenvalue weighted by atomic mass is 16.5. The Kier molecular flexibility index (Phi) is 4.51. The lowest BCUT2D eigenvalue weighted by atomic mass is 10.0. The van der Waals surface area contributed by atoms with Gasteiger partial charge in [-0.3, -0.25) is 0 Å². The van der Waals surface area contributed by atoms with Crippen LogP contribution in [0.5, 0.6) is 11.5 Å². The van der Waals surface area contributed by atoms with E-state index in [-0.39, 0.29) is 0 Å². The highest BCUT2D eigenvalue weighted by Gasteiger charge is 2.15. The molecule has 3 aromatic carbocycles. The molecule has 0 amide bonds. The fraction of sp³-hybridized carbons (Fsp3) is 0.125. The van der Waals surface area contributed by atoms with Crippen LogP contribution in [0, 0.1) is 0 Å². The van der Waals surface area contributed by atoms with Gasteiger partial charge in [-0.2, -0.15) is 4.57 Å². The number of pyridine rings is 1. The second kappa shape index (κ2) is 7.12. The molecule has 0 N–H and O–H groups in total. The van der Waals surface area contributed by atoms with Crippen LogP contribution >= 0.6 is 0 Å². The number of aryl methyl sites for hydroxylation is 1. The monoisotopic (exact) mass is 356 g/mol. The number of fused-ring (bicyclic) bond motifs is 2. The van der Waals surface area contributed by atoms with E-state index in [9.17, 15) is 0 Å². The maximum absolute atomic E-state index is 5.42. The van der Waals surface area contributed by atoms with Crippen LogP contribution in [0.25, 0.3) is 34.0 Å². The van der Waals surface area contributed by atoms with Crippen LogP contribution in [0.1, 0.15) is 11.1 Å². The quantitative estimate of drug-likeness (QED) is 0.379. The largest absolute Gasteiger partial charge is 0.493 e. The summed E-state index contributed by atoms with van der Waals surface area (Å²) in [6.45, 7) is 0. The minimum absolute atomic E-state index is 0.730. The molecule has 0 bridgehead atoms. The first-order chi connectivity index (χ1) is 13.2. The molecular formula is C24H22NO2+. The number of methoxy groups -OCH3 is 2. The number of ether oxygens (including phenoxy) is 2. The average molecular weight is 356 g/mol. The van der Waals surface area contributed by atoms with Gasteiger partial charge in [-0.05, 0) is 29.8 Å². The van der Waals surface area contributed by atoms with Crippen LogP contribution in [0.4, 0.5) is 0 Å². The molecular weight excluding hydrogens is 334 g/mol. The first kappa shape index (κ1) is 17.1. The molecule has 4 rings (SSSR count). The van der Waals surface area contributed by atoms with Crippen molar-refractivity contribution in [2.75, 3.05) is 14.2 Å². The van der Waals surface area contributed by atoms with Crippen LogP contribution < -0.4 is 14.0 Å². The van der Waals surface area contributed by atoms with Gasteiger partial charge in [-0.25, -0.2) is 0 Å². The Morgan fingerprint density at radius 1 is 0.704 bits per heavy atom. The van der Waals surface area contributed by atoms with Gasteiger partial charge in [0.05, 0.1) is 25.0 Å². The standard InChI is InChI=1S/C24H22NO2/c1-25-21-10-6-4-8-19(21)18(20-9-5-7-11-22(20)25)14-12-17-13-15-23(26-2)24(16-17)27-3/h4-16H,1-3H3/q+1/b14-12+. The van der Waals surface area contributed by atoms with Crippen molar-refractivity contribution in [3.63, 3.8) is 0 Å². The van der Waals surface area contributed by atoms with Crippen molar-refractivity contribution < 1.29 is 14.0 Å². The van der Waals surface area contributed by atoms with E-state index in [1.165, 1.54) is 27.4 Å². The first-order valence-corrected chi connectivity index (χ1v) is 8.92. The van der Waals surface area contributed by atoms with E-state index in [1.54, 1.807) is 14.2 Å². The molecule has 134 valence electrons. The summed E-state index contributed by atoms with van der Waals surface area (Å²) in [5.41, 5.74) is 4.70. The number of hydrogen-bond acceptors (Lipinski definition) is 2. The van der Waals surface area contributed by atoms with E-state index >= 15 is 0 Å². The molecule has 0 aliphatic carbocycles. The third-order valence-corrected chi connectivity index (χ3v) is 4.96. The second-order valence-corrected chi connectivity index (χ2v) is 6.45. The number of para-hydroxylation sites is 2. The zero-order valence-corrected chi connectivity index (χ0v) is 15.8. The number of rotatable bonds is 4. The molecule has 0 radical (unpaired) electrons. The lowest BCUT2D eigenvalue weighted by molar-refractivity contribution is -0.617. The molecule has 0 spiro atoms. The average Bonchev–Trinajstić information content (AvgIpc) is 2.73. The molecule has 0 atom stereocenters. The van der Waals surface area contributed by atoms with Gasteiger partial charge in [-0.15, -0.1) is 0 Å². The summed E-state index contributed by atoms with van der Waals surface area (Å²) in [6.07, 6.45) is 4.31. The van der Waals surface area contributed by atoms with Crippen LogP contribution in [-0.4, -0.2) is 14.2 Å². The topological polar surface area (TPSA) is 22.3 Å². The fourth-order valence-corrected chi connectivity index (χ4v) is 3.58. The third kappa shape index (κ3) is 3.02. The number of nitrogens with zero attached hydrogens (tertiary/aromatic N) is 1. The Morgan fingerprint density at radius 3 is 1.89 bits per heavy atom. The van der Waals surface area contributed by atoms with Crippen molar-refractivity contribution in [1.29, 1.82) is 0 Å². The van der Waals surface area contributed by atoms with Crippen molar-refractivity contribution in [2.45, 2.75) is 0 Å². The van der Waals surface area contributed by atoms with Gasteiger partial charge in [0.1, 0.15) is 7.05 Å². The minimum atomic E-state index is 0.730. The summed E-state index contributed by atoms with van der Waals surface area (Å²) in [5, 5.41) is 2.46. The zero-order valence-electron chi connectivity index (χ0n) is 15.8. The van der Waals surface area contributed by atoms with Crippen molar-refractivity contribution in [3.8, 4) is 11.5 Å². The molecule has 0 unspecified atom stereocenters. The molecule has 0 aliphatic heterocycles. The molecule has 3 heteroatoms. The summed E-state index contributed by atoms with van der Waals surface area (Å²) in [4.78, 5) is 0. The first-order valence-electron chi connectivity index (χ1n) is 8.92. The predicted molar refractivity (Wildman–Crippen MR) is 111 cm³/mol. The smallest absolute Gasteiger partial charge is 0.213 e. The number of hydrogen-bond donors (Lipinski definition) is 0. The van der Waals surface area contributed by atoms with Gasteiger partial charge in [0.25, 0.3) is 0 Å². The van der Waals surface area contributed by atoms with Gasteiger partial charge in [0, 0.05) is 17.7 Å². The van der Waals surface area contributed by atoms with E-state index in [1.807, 2.05) is 18.2 Å². The molecule has 1 heterocycles. The normalized spacial score (nSPS) is 11.4. The molecule has 4 aromatic rings. The van der Waals surface area contributed by atoms with Crippen molar-refractivity contribution in [1.82, 2.24) is 0 Å². The Balaban J connectivity index is 1.91. The lowest BCUT2D eigenvalue weighted by Gasteiger charge is -2.08. The SMILES string of the molecule is COc1ccc(/C=C/c2c3ccccc3[n+](C)c3ccccc23)cc1OC. The predicted octanol–water partition coefficient (Wildman–Crippen LogP) is 5.01. The van der Waals surface area contributed by atoms with Gasteiger partial charge in [0.2, 0.25) is 11.0 Å². The van der Waals surface area contributed by atoms with E-state index in [4.69, 9.17) is 9.47 Å². The number of benzene rings is 3. The van der Waals surface area contributed by atoms with E-state index in [0.717, 1.165) is 17.1 Å². The Morgan fingerprint density at radius 2 is 1.30 bits per heavy atom. The summed E-state index contributed by atoms with van der Waals surface area (Å²) >= 11 is 0. The van der Waals surface area contributed by atoms with Crippen molar-refractivity contribution in [3.05, 3.63) is 77.9 Å². The molecule has 0 aliphatic rings. The summed E-state index contributed by atoms with van der Waals surface area (Å²) in [6, 6.07) is 23.0. The number of aromatic nitrogens is 1. The Bertz CT molecular complexity index is 1100. The molecule has 0 saturated carbocycles. The van der Waals surface area contributed by atoms with Crippen LogP contribution in [0.2, 0.25) is 0 Å². The summed E-state index contributed by atoms with van der Waals surface area (Å²) in [5.74, 6) is 1.46. The van der Waals surface area contributed by atoms with Gasteiger partial charge in [0.15, 0.2) is 11.5 Å². The molecule has 1 aromatic heterocycles. The Labute approximate surface area is 159 Å². The highest BCUT2D eigenvalue weighted by Crippen LogP contribution is 2.30. The van der Waals surface area contributed by atoms with E-state index in [2.05, 4.69) is 72.3 Å². The Hall–Kier alpha value is -3.33. The maximum atomic E-state index is 5.42. The molecule has 3 nitrogen and oxygen atoms in total. The third-order valence-electron chi connectivity index (χ3n) is 4.96. The summed E-state index contributed by atoms with van der Waals surface area (Å²) in [7, 11) is 5.42.